The van der Waals surface area contributed by atoms with E-state index in [9.17, 15) is 4.79 Å². The maximum absolute atomic E-state index is 11.9. The van der Waals surface area contributed by atoms with Gasteiger partial charge >= 0.3 is 6.09 Å². The highest BCUT2D eigenvalue weighted by Crippen LogP contribution is 2.23. The van der Waals surface area contributed by atoms with Gasteiger partial charge in [-0.15, -0.1) is 0 Å². The van der Waals surface area contributed by atoms with E-state index < -0.39 is 5.60 Å². The Morgan fingerprint density at radius 2 is 2.06 bits per heavy atom. The molecule has 0 saturated carbocycles. The first-order chi connectivity index (χ1) is 8.46. The number of piperidine rings is 1. The van der Waals surface area contributed by atoms with Gasteiger partial charge in [0, 0.05) is 25.4 Å². The van der Waals surface area contributed by atoms with Crippen LogP contribution in [0.3, 0.4) is 0 Å². The quantitative estimate of drug-likeness (QED) is 0.722. The van der Waals surface area contributed by atoms with Crippen LogP contribution in [0.25, 0.3) is 0 Å². The highest BCUT2D eigenvalue weighted by atomic mass is 16.6. The van der Waals surface area contributed by atoms with E-state index in [4.69, 9.17) is 9.57 Å². The maximum Gasteiger partial charge on any atom is 0.410 e. The van der Waals surface area contributed by atoms with Crippen molar-refractivity contribution in [3.63, 3.8) is 0 Å². The Labute approximate surface area is 108 Å². The van der Waals surface area contributed by atoms with Crippen molar-refractivity contribution in [3.8, 4) is 0 Å². The molecule has 1 fully saturated rings. The standard InChI is InChI=1S/C13H22N2O3/c1-13(2,3)18-12(16)15-7-4-10(5-8-15)11-6-9-17-14-11/h10H,4-9H2,1-3H3. The second-order valence-electron chi connectivity index (χ2n) is 5.91. The average molecular weight is 254 g/mol. The molecule has 0 N–H and O–H groups in total. The summed E-state index contributed by atoms with van der Waals surface area (Å²) in [6.45, 7) is 7.88. The smallest absolute Gasteiger partial charge is 0.410 e. The van der Waals surface area contributed by atoms with Crippen LogP contribution in [0.5, 0.6) is 0 Å². The zero-order valence-electron chi connectivity index (χ0n) is 11.4. The molecule has 2 rings (SSSR count). The molecule has 18 heavy (non-hydrogen) atoms. The molecule has 5 nitrogen and oxygen atoms in total. The zero-order chi connectivity index (χ0) is 13.2. The molecule has 5 heteroatoms. The van der Waals surface area contributed by atoms with Crippen LogP contribution in [-0.4, -0.2) is 42.0 Å². The zero-order valence-corrected chi connectivity index (χ0v) is 11.4. The Morgan fingerprint density at radius 3 is 2.56 bits per heavy atom. The van der Waals surface area contributed by atoms with Gasteiger partial charge in [-0.2, -0.15) is 0 Å². The highest BCUT2D eigenvalue weighted by molar-refractivity contribution is 5.87. The maximum atomic E-state index is 11.9. The second-order valence-corrected chi connectivity index (χ2v) is 5.91. The minimum Gasteiger partial charge on any atom is -0.444 e. The van der Waals surface area contributed by atoms with E-state index in [-0.39, 0.29) is 6.09 Å². The third-order valence-electron chi connectivity index (χ3n) is 3.25. The van der Waals surface area contributed by atoms with E-state index in [0.717, 1.165) is 32.4 Å². The van der Waals surface area contributed by atoms with Crippen LogP contribution in [0, 0.1) is 5.92 Å². The molecule has 1 saturated heterocycles. The van der Waals surface area contributed by atoms with Crippen LogP contribution in [0.4, 0.5) is 4.79 Å². The van der Waals surface area contributed by atoms with Crippen LogP contribution >= 0.6 is 0 Å². The Morgan fingerprint density at radius 1 is 1.39 bits per heavy atom. The topological polar surface area (TPSA) is 51.1 Å². The van der Waals surface area contributed by atoms with Crippen molar-refractivity contribution in [3.05, 3.63) is 0 Å². The van der Waals surface area contributed by atoms with Gasteiger partial charge in [0.2, 0.25) is 0 Å². The summed E-state index contributed by atoms with van der Waals surface area (Å²) in [5.41, 5.74) is 0.746. The number of carbonyl (C=O) groups is 1. The third-order valence-corrected chi connectivity index (χ3v) is 3.25. The Balaban J connectivity index is 1.81. The summed E-state index contributed by atoms with van der Waals surface area (Å²) in [5.74, 6) is 0.478. The van der Waals surface area contributed by atoms with E-state index in [2.05, 4.69) is 5.16 Å². The molecular weight excluding hydrogens is 232 g/mol. The van der Waals surface area contributed by atoms with Crippen LogP contribution < -0.4 is 0 Å². The molecule has 0 spiro atoms. The summed E-state index contributed by atoms with van der Waals surface area (Å²) < 4.78 is 5.37. The van der Waals surface area contributed by atoms with Crippen molar-refractivity contribution in [1.82, 2.24) is 4.90 Å². The molecule has 1 amide bonds. The number of ether oxygens (including phenoxy) is 1. The van der Waals surface area contributed by atoms with Gasteiger partial charge in [0.1, 0.15) is 12.2 Å². The molecule has 0 bridgehead atoms. The summed E-state index contributed by atoms with van der Waals surface area (Å²) in [4.78, 5) is 18.7. The van der Waals surface area contributed by atoms with E-state index in [1.54, 1.807) is 4.90 Å². The van der Waals surface area contributed by atoms with E-state index in [1.165, 1.54) is 5.71 Å². The summed E-state index contributed by atoms with van der Waals surface area (Å²) in [6.07, 6.45) is 2.66. The first kappa shape index (κ1) is 13.2. The van der Waals surface area contributed by atoms with E-state index in [1.807, 2.05) is 20.8 Å². The molecule has 0 aromatic rings. The van der Waals surface area contributed by atoms with Gasteiger partial charge in [0.15, 0.2) is 0 Å². The number of hydrogen-bond donors (Lipinski definition) is 0. The fourth-order valence-corrected chi connectivity index (χ4v) is 2.32. The minimum absolute atomic E-state index is 0.203. The Bertz CT molecular complexity index is 339. The molecule has 0 unspecified atom stereocenters. The molecule has 0 aliphatic carbocycles. The lowest BCUT2D eigenvalue weighted by Crippen LogP contribution is -2.42. The molecule has 2 heterocycles. The summed E-state index contributed by atoms with van der Waals surface area (Å²) >= 11 is 0. The van der Waals surface area contributed by atoms with Gasteiger partial charge in [0.05, 0.1) is 5.71 Å². The number of rotatable bonds is 1. The van der Waals surface area contributed by atoms with Crippen molar-refractivity contribution < 1.29 is 14.4 Å². The lowest BCUT2D eigenvalue weighted by atomic mass is 9.91. The van der Waals surface area contributed by atoms with Crippen molar-refractivity contribution in [1.29, 1.82) is 0 Å². The van der Waals surface area contributed by atoms with Gasteiger partial charge in [-0.1, -0.05) is 5.16 Å². The summed E-state index contributed by atoms with van der Waals surface area (Å²) in [6, 6.07) is 0. The molecule has 0 aromatic carbocycles. The van der Waals surface area contributed by atoms with Crippen molar-refractivity contribution in [2.24, 2.45) is 11.1 Å². The average Bonchev–Trinajstić information content (AvgIpc) is 2.80. The monoisotopic (exact) mass is 254 g/mol. The number of amides is 1. The van der Waals surface area contributed by atoms with Crippen molar-refractivity contribution in [2.75, 3.05) is 19.7 Å². The molecule has 2 aliphatic heterocycles. The van der Waals surface area contributed by atoms with Crippen LogP contribution in [0.1, 0.15) is 40.0 Å². The van der Waals surface area contributed by atoms with Crippen molar-refractivity contribution >= 4 is 11.8 Å². The number of nitrogens with zero attached hydrogens (tertiary/aromatic N) is 2. The van der Waals surface area contributed by atoms with Gasteiger partial charge in [-0.3, -0.25) is 0 Å². The predicted octanol–water partition coefficient (Wildman–Crippen LogP) is 2.41. The molecular formula is C13H22N2O3. The van der Waals surface area contributed by atoms with Gasteiger partial charge in [-0.25, -0.2) is 4.79 Å². The molecule has 0 radical (unpaired) electrons. The van der Waals surface area contributed by atoms with Crippen LogP contribution in [-0.2, 0) is 9.57 Å². The summed E-state index contributed by atoms with van der Waals surface area (Å²) in [7, 11) is 0. The lowest BCUT2D eigenvalue weighted by Gasteiger charge is -2.33. The fourth-order valence-electron chi connectivity index (χ4n) is 2.32. The van der Waals surface area contributed by atoms with Gasteiger partial charge < -0.3 is 14.5 Å². The molecule has 102 valence electrons. The van der Waals surface area contributed by atoms with Gasteiger partial charge in [0.25, 0.3) is 0 Å². The van der Waals surface area contributed by atoms with E-state index >= 15 is 0 Å². The van der Waals surface area contributed by atoms with Gasteiger partial charge in [-0.05, 0) is 33.6 Å². The van der Waals surface area contributed by atoms with E-state index in [0.29, 0.717) is 12.5 Å². The third kappa shape index (κ3) is 3.37. The van der Waals surface area contributed by atoms with Crippen molar-refractivity contribution in [2.45, 2.75) is 45.6 Å². The van der Waals surface area contributed by atoms with Crippen LogP contribution in [0.15, 0.2) is 5.16 Å². The molecule has 0 aromatic heterocycles. The second kappa shape index (κ2) is 5.16. The number of carbonyl (C=O) groups excluding carboxylic acids is 1. The normalized spacial score (nSPS) is 21.5. The highest BCUT2D eigenvalue weighted by Gasteiger charge is 2.29. The SMILES string of the molecule is CC(C)(C)OC(=O)N1CCC(C2=NOCC2)CC1. The first-order valence-electron chi connectivity index (χ1n) is 6.62. The molecule has 2 aliphatic rings. The number of likely N-dealkylation sites (tertiary alicyclic amines) is 1. The number of hydrogen-bond acceptors (Lipinski definition) is 4. The lowest BCUT2D eigenvalue weighted by molar-refractivity contribution is 0.0201. The van der Waals surface area contributed by atoms with Crippen LogP contribution in [0.2, 0.25) is 0 Å². The first-order valence-corrected chi connectivity index (χ1v) is 6.62. The molecule has 0 atom stereocenters. The fraction of sp³-hybridized carbons (Fsp3) is 0.846. The number of oxime groups is 1. The Hall–Kier alpha value is -1.26. The summed E-state index contributed by atoms with van der Waals surface area (Å²) in [5, 5.41) is 4.07. The minimum atomic E-state index is -0.419. The Kier molecular flexibility index (Phi) is 3.78. The largest absolute Gasteiger partial charge is 0.444 e. The predicted molar refractivity (Wildman–Crippen MR) is 68.5 cm³/mol.